The van der Waals surface area contributed by atoms with E-state index in [9.17, 15) is 0 Å². The third-order valence-corrected chi connectivity index (χ3v) is 3.55. The molecular formula is C15H17ClN2O. The van der Waals surface area contributed by atoms with Crippen LogP contribution in [0.4, 0.5) is 0 Å². The van der Waals surface area contributed by atoms with Crippen LogP contribution >= 0.6 is 11.6 Å². The van der Waals surface area contributed by atoms with E-state index in [1.54, 1.807) is 12.4 Å². The minimum Gasteiger partial charge on any atom is -0.484 e. The van der Waals surface area contributed by atoms with Gasteiger partial charge in [0, 0.05) is 29.5 Å². The maximum absolute atomic E-state index is 6.15. The summed E-state index contributed by atoms with van der Waals surface area (Å²) in [6.45, 7) is 4.32. The Bertz CT molecular complexity index is 534. The van der Waals surface area contributed by atoms with Crippen molar-refractivity contribution in [1.29, 1.82) is 0 Å². The highest BCUT2D eigenvalue weighted by Gasteiger charge is 2.13. The Labute approximate surface area is 118 Å². The molecule has 2 rings (SSSR count). The van der Waals surface area contributed by atoms with Gasteiger partial charge in [0.15, 0.2) is 0 Å². The Kier molecular flexibility index (Phi) is 4.40. The Morgan fingerprint density at radius 3 is 2.53 bits per heavy atom. The standard InChI is InChI=1S/C15H17ClN2O/c1-10-6-13(7-11(2)15(10)16)19-14(8-17)12-4-3-5-18-9-12/h3-7,9,14H,8,17H2,1-2H3. The van der Waals surface area contributed by atoms with Gasteiger partial charge in [0.2, 0.25) is 0 Å². The second-order valence-electron chi connectivity index (χ2n) is 4.50. The monoisotopic (exact) mass is 276 g/mol. The molecule has 2 N–H and O–H groups in total. The predicted octanol–water partition coefficient (Wildman–Crippen LogP) is 3.43. The van der Waals surface area contributed by atoms with E-state index in [4.69, 9.17) is 22.1 Å². The number of benzene rings is 1. The zero-order chi connectivity index (χ0) is 13.8. The Morgan fingerprint density at radius 1 is 1.32 bits per heavy atom. The van der Waals surface area contributed by atoms with E-state index < -0.39 is 0 Å². The molecule has 3 nitrogen and oxygen atoms in total. The van der Waals surface area contributed by atoms with Crippen molar-refractivity contribution in [1.82, 2.24) is 4.98 Å². The molecule has 100 valence electrons. The number of aromatic nitrogens is 1. The molecule has 0 aliphatic heterocycles. The molecular weight excluding hydrogens is 260 g/mol. The average Bonchev–Trinajstić information content (AvgIpc) is 2.43. The Morgan fingerprint density at radius 2 is 2.00 bits per heavy atom. The van der Waals surface area contributed by atoms with Gasteiger partial charge in [0.05, 0.1) is 0 Å². The first-order valence-corrected chi connectivity index (χ1v) is 6.53. The first-order chi connectivity index (χ1) is 9.11. The molecule has 0 saturated carbocycles. The number of pyridine rings is 1. The van der Waals surface area contributed by atoms with Gasteiger partial charge in [-0.15, -0.1) is 0 Å². The van der Waals surface area contributed by atoms with Crippen LogP contribution in [0.15, 0.2) is 36.7 Å². The summed E-state index contributed by atoms with van der Waals surface area (Å²) in [6, 6.07) is 7.68. The van der Waals surface area contributed by atoms with Crippen LogP contribution < -0.4 is 10.5 Å². The fourth-order valence-corrected chi connectivity index (χ4v) is 2.07. The molecule has 2 aromatic rings. The van der Waals surface area contributed by atoms with Crippen LogP contribution in [0.25, 0.3) is 0 Å². The molecule has 0 saturated heterocycles. The third kappa shape index (κ3) is 3.25. The number of nitrogens with zero attached hydrogens (tertiary/aromatic N) is 1. The lowest BCUT2D eigenvalue weighted by atomic mass is 10.1. The maximum Gasteiger partial charge on any atom is 0.137 e. The van der Waals surface area contributed by atoms with Crippen LogP contribution in [0.5, 0.6) is 5.75 Å². The molecule has 1 heterocycles. The molecule has 0 radical (unpaired) electrons. The van der Waals surface area contributed by atoms with Crippen LogP contribution in [0.3, 0.4) is 0 Å². The summed E-state index contributed by atoms with van der Waals surface area (Å²) in [5.74, 6) is 0.777. The number of nitrogens with two attached hydrogens (primary N) is 1. The Hall–Kier alpha value is -1.58. The zero-order valence-electron chi connectivity index (χ0n) is 11.1. The third-order valence-electron chi connectivity index (χ3n) is 2.96. The van der Waals surface area contributed by atoms with Crippen molar-refractivity contribution in [2.24, 2.45) is 5.73 Å². The topological polar surface area (TPSA) is 48.1 Å². The van der Waals surface area contributed by atoms with Crippen molar-refractivity contribution in [2.75, 3.05) is 6.54 Å². The molecule has 4 heteroatoms. The van der Waals surface area contributed by atoms with Crippen molar-refractivity contribution < 1.29 is 4.74 Å². The SMILES string of the molecule is Cc1cc(OC(CN)c2cccnc2)cc(C)c1Cl. The van der Waals surface area contributed by atoms with Gasteiger partial charge >= 0.3 is 0 Å². The first-order valence-electron chi connectivity index (χ1n) is 6.15. The minimum absolute atomic E-state index is 0.200. The van der Waals surface area contributed by atoms with Gasteiger partial charge in [-0.1, -0.05) is 17.7 Å². The van der Waals surface area contributed by atoms with Gasteiger partial charge in [-0.2, -0.15) is 0 Å². The van der Waals surface area contributed by atoms with E-state index in [1.165, 1.54) is 0 Å². The van der Waals surface area contributed by atoms with E-state index in [1.807, 2.05) is 38.1 Å². The number of rotatable bonds is 4. The lowest BCUT2D eigenvalue weighted by Gasteiger charge is -2.18. The molecule has 19 heavy (non-hydrogen) atoms. The summed E-state index contributed by atoms with van der Waals surface area (Å²) in [6.07, 6.45) is 3.30. The van der Waals surface area contributed by atoms with Crippen molar-refractivity contribution >= 4 is 11.6 Å². The number of halogens is 1. The molecule has 1 atom stereocenters. The van der Waals surface area contributed by atoms with Gasteiger partial charge in [-0.3, -0.25) is 4.98 Å². The van der Waals surface area contributed by atoms with Gasteiger partial charge < -0.3 is 10.5 Å². The summed E-state index contributed by atoms with van der Waals surface area (Å²) >= 11 is 6.15. The van der Waals surface area contributed by atoms with E-state index >= 15 is 0 Å². The van der Waals surface area contributed by atoms with E-state index in [-0.39, 0.29) is 6.10 Å². The smallest absolute Gasteiger partial charge is 0.137 e. The summed E-state index contributed by atoms with van der Waals surface area (Å²) < 4.78 is 5.94. The number of hydrogen-bond acceptors (Lipinski definition) is 3. The highest BCUT2D eigenvalue weighted by molar-refractivity contribution is 6.32. The first kappa shape index (κ1) is 13.8. The van der Waals surface area contributed by atoms with Crippen molar-refractivity contribution in [3.05, 3.63) is 58.4 Å². The lowest BCUT2D eigenvalue weighted by Crippen LogP contribution is -2.18. The van der Waals surface area contributed by atoms with Gasteiger partial charge in [-0.25, -0.2) is 0 Å². The molecule has 0 fully saturated rings. The fraction of sp³-hybridized carbons (Fsp3) is 0.267. The summed E-state index contributed by atoms with van der Waals surface area (Å²) in [5, 5.41) is 0.776. The second kappa shape index (κ2) is 6.04. The normalized spacial score (nSPS) is 12.2. The highest BCUT2D eigenvalue weighted by atomic mass is 35.5. The van der Waals surface area contributed by atoms with Gasteiger partial charge in [0.25, 0.3) is 0 Å². The van der Waals surface area contributed by atoms with Crippen molar-refractivity contribution in [3.63, 3.8) is 0 Å². The van der Waals surface area contributed by atoms with Gasteiger partial charge in [-0.05, 0) is 43.2 Å². The summed E-state index contributed by atoms with van der Waals surface area (Å²) in [7, 11) is 0. The summed E-state index contributed by atoms with van der Waals surface area (Å²) in [5.41, 5.74) is 8.75. The molecule has 0 aliphatic rings. The van der Waals surface area contributed by atoms with Gasteiger partial charge in [0.1, 0.15) is 11.9 Å². The quantitative estimate of drug-likeness (QED) is 0.931. The minimum atomic E-state index is -0.200. The largest absolute Gasteiger partial charge is 0.484 e. The molecule has 0 bridgehead atoms. The Balaban J connectivity index is 2.24. The molecule has 0 spiro atoms. The highest BCUT2D eigenvalue weighted by Crippen LogP contribution is 2.28. The zero-order valence-corrected chi connectivity index (χ0v) is 11.8. The van der Waals surface area contributed by atoms with E-state index in [0.29, 0.717) is 6.54 Å². The molecule has 1 aromatic carbocycles. The van der Waals surface area contributed by atoms with E-state index in [0.717, 1.165) is 27.5 Å². The summed E-state index contributed by atoms with van der Waals surface area (Å²) in [4.78, 5) is 4.09. The fourth-order valence-electron chi connectivity index (χ4n) is 1.96. The van der Waals surface area contributed by atoms with Crippen LogP contribution in [0.1, 0.15) is 22.8 Å². The molecule has 0 amide bonds. The molecule has 1 aromatic heterocycles. The lowest BCUT2D eigenvalue weighted by molar-refractivity contribution is 0.213. The number of ether oxygens (including phenoxy) is 1. The molecule has 0 aliphatic carbocycles. The maximum atomic E-state index is 6.15. The van der Waals surface area contributed by atoms with Crippen LogP contribution in [0.2, 0.25) is 5.02 Å². The van der Waals surface area contributed by atoms with Crippen LogP contribution in [0, 0.1) is 13.8 Å². The van der Waals surface area contributed by atoms with E-state index in [2.05, 4.69) is 4.98 Å². The molecule has 1 unspecified atom stereocenters. The average molecular weight is 277 g/mol. The number of hydrogen-bond donors (Lipinski definition) is 1. The van der Waals surface area contributed by atoms with Crippen LogP contribution in [-0.2, 0) is 0 Å². The second-order valence-corrected chi connectivity index (χ2v) is 4.88. The van der Waals surface area contributed by atoms with Crippen LogP contribution in [-0.4, -0.2) is 11.5 Å². The number of aryl methyl sites for hydroxylation is 2. The van der Waals surface area contributed by atoms with Crippen molar-refractivity contribution in [3.8, 4) is 5.75 Å². The van der Waals surface area contributed by atoms with Crippen molar-refractivity contribution in [2.45, 2.75) is 20.0 Å². The predicted molar refractivity (Wildman–Crippen MR) is 77.6 cm³/mol.